The lowest BCUT2D eigenvalue weighted by atomic mass is 10.0. The quantitative estimate of drug-likeness (QED) is 0.283. The van der Waals surface area contributed by atoms with Gasteiger partial charge in [0.2, 0.25) is 11.9 Å². The predicted octanol–water partition coefficient (Wildman–Crippen LogP) is 3.78. The van der Waals surface area contributed by atoms with Crippen molar-refractivity contribution >= 4 is 52.5 Å². The van der Waals surface area contributed by atoms with Gasteiger partial charge in [0.05, 0.1) is 27.9 Å². The van der Waals surface area contributed by atoms with E-state index in [4.69, 9.17) is 39.8 Å². The molecule has 29 heavy (non-hydrogen) atoms. The Morgan fingerprint density at radius 1 is 1.24 bits per heavy atom. The molecule has 0 saturated heterocycles. The average Bonchev–Trinajstić information content (AvgIpc) is 2.67. The SMILES string of the molecule is CCC.CSc1nc(NCCO)nc(-c2ccc(Cl)c(Cl)c2)c1/C(N)=C/C(N)=O. The Morgan fingerprint density at radius 2 is 1.90 bits per heavy atom. The highest BCUT2D eigenvalue weighted by Gasteiger charge is 2.19. The molecule has 1 amide bonds. The van der Waals surface area contributed by atoms with Gasteiger partial charge in [-0.05, 0) is 18.4 Å². The van der Waals surface area contributed by atoms with Crippen LogP contribution in [0.25, 0.3) is 17.0 Å². The maximum atomic E-state index is 11.3. The van der Waals surface area contributed by atoms with Crippen molar-refractivity contribution in [3.8, 4) is 11.3 Å². The van der Waals surface area contributed by atoms with Crippen LogP contribution in [-0.4, -0.2) is 40.4 Å². The van der Waals surface area contributed by atoms with Gasteiger partial charge in [-0.1, -0.05) is 49.5 Å². The maximum Gasteiger partial charge on any atom is 0.243 e. The highest BCUT2D eigenvalue weighted by atomic mass is 35.5. The number of thioether (sulfide) groups is 1. The van der Waals surface area contributed by atoms with E-state index < -0.39 is 5.91 Å². The average molecular weight is 458 g/mol. The van der Waals surface area contributed by atoms with Crippen LogP contribution in [-0.2, 0) is 4.79 Å². The van der Waals surface area contributed by atoms with Crippen molar-refractivity contribution in [2.45, 2.75) is 25.3 Å². The molecule has 0 unspecified atom stereocenters. The van der Waals surface area contributed by atoms with Gasteiger partial charge in [-0.2, -0.15) is 0 Å². The van der Waals surface area contributed by atoms with Crippen molar-refractivity contribution in [3.63, 3.8) is 0 Å². The number of aliphatic hydroxyl groups is 1. The van der Waals surface area contributed by atoms with Crippen molar-refractivity contribution in [3.05, 3.63) is 39.9 Å². The molecule has 0 radical (unpaired) electrons. The zero-order valence-electron chi connectivity index (χ0n) is 16.5. The Hall–Kier alpha value is -2.00. The second-order valence-corrected chi connectivity index (χ2v) is 7.38. The standard InChI is InChI=1S/C16H17Cl2N5O2S.C3H8/c1-26-15-13(11(19)7-12(20)25)14(22-16(23-15)21-4-5-24)8-2-3-9(17)10(18)6-8;1-3-2/h2-3,6-7,24H,4-5,19H2,1H3,(H2,20,25)(H,21,22,23);3H2,1-2H3/b11-7-;. The number of nitrogens with zero attached hydrogens (tertiary/aromatic N) is 2. The van der Waals surface area contributed by atoms with Gasteiger partial charge in [-0.3, -0.25) is 4.79 Å². The first-order valence-electron chi connectivity index (χ1n) is 8.82. The summed E-state index contributed by atoms with van der Waals surface area (Å²) in [5.41, 5.74) is 13.0. The van der Waals surface area contributed by atoms with Crippen molar-refractivity contribution in [1.82, 2.24) is 9.97 Å². The summed E-state index contributed by atoms with van der Waals surface area (Å²) in [4.78, 5) is 20.1. The fraction of sp³-hybridized carbons (Fsp3) is 0.316. The van der Waals surface area contributed by atoms with E-state index in [9.17, 15) is 4.79 Å². The molecule has 0 aliphatic carbocycles. The molecule has 1 heterocycles. The Balaban J connectivity index is 0.00000132. The van der Waals surface area contributed by atoms with Gasteiger partial charge in [0, 0.05) is 23.9 Å². The number of carbonyl (C=O) groups excluding carboxylic acids is 1. The van der Waals surface area contributed by atoms with E-state index in [1.807, 2.05) is 6.26 Å². The molecule has 1 aromatic heterocycles. The molecule has 2 rings (SSSR count). The van der Waals surface area contributed by atoms with Crippen molar-refractivity contribution in [2.24, 2.45) is 11.5 Å². The number of rotatable bonds is 7. The molecule has 0 bridgehead atoms. The highest BCUT2D eigenvalue weighted by Crippen LogP contribution is 2.35. The van der Waals surface area contributed by atoms with Crippen LogP contribution >= 0.6 is 35.0 Å². The van der Waals surface area contributed by atoms with Crippen molar-refractivity contribution in [1.29, 1.82) is 0 Å². The fourth-order valence-electron chi connectivity index (χ4n) is 2.17. The summed E-state index contributed by atoms with van der Waals surface area (Å²) in [5.74, 6) is -0.378. The largest absolute Gasteiger partial charge is 0.398 e. The predicted molar refractivity (Wildman–Crippen MR) is 122 cm³/mol. The number of amides is 1. The van der Waals surface area contributed by atoms with Crippen LogP contribution in [0, 0.1) is 0 Å². The number of benzene rings is 1. The van der Waals surface area contributed by atoms with E-state index in [-0.39, 0.29) is 18.8 Å². The first-order chi connectivity index (χ1) is 13.8. The van der Waals surface area contributed by atoms with Crippen LogP contribution in [0.1, 0.15) is 25.8 Å². The molecule has 6 N–H and O–H groups in total. The molecule has 7 nitrogen and oxygen atoms in total. The zero-order chi connectivity index (χ0) is 22.0. The third-order valence-electron chi connectivity index (χ3n) is 3.24. The Labute approximate surface area is 184 Å². The smallest absolute Gasteiger partial charge is 0.243 e. The summed E-state index contributed by atoms with van der Waals surface area (Å²) in [5, 5.41) is 13.2. The monoisotopic (exact) mass is 457 g/mol. The second-order valence-electron chi connectivity index (χ2n) is 5.77. The Morgan fingerprint density at radius 3 is 2.41 bits per heavy atom. The molecule has 158 valence electrons. The summed E-state index contributed by atoms with van der Waals surface area (Å²) >= 11 is 13.4. The minimum Gasteiger partial charge on any atom is -0.398 e. The molecule has 2 aromatic rings. The van der Waals surface area contributed by atoms with Crippen LogP contribution in [0.4, 0.5) is 5.95 Å². The van der Waals surface area contributed by atoms with Crippen molar-refractivity contribution in [2.75, 3.05) is 24.7 Å². The van der Waals surface area contributed by atoms with E-state index in [0.29, 0.717) is 37.8 Å². The summed E-state index contributed by atoms with van der Waals surface area (Å²) in [6.07, 6.45) is 4.18. The molecule has 0 aliphatic rings. The second kappa shape index (κ2) is 12.5. The van der Waals surface area contributed by atoms with E-state index in [1.165, 1.54) is 18.2 Å². The first kappa shape index (κ1) is 25.0. The molecular formula is C19H25Cl2N5O2S. The number of primary amides is 1. The molecule has 0 aliphatic heterocycles. The lowest BCUT2D eigenvalue weighted by Crippen LogP contribution is -2.14. The number of aromatic nitrogens is 2. The number of nitrogens with two attached hydrogens (primary N) is 2. The van der Waals surface area contributed by atoms with E-state index in [2.05, 4.69) is 29.1 Å². The molecular weight excluding hydrogens is 433 g/mol. The Bertz CT molecular complexity index is 878. The van der Waals surface area contributed by atoms with Crippen LogP contribution in [0.5, 0.6) is 0 Å². The maximum absolute atomic E-state index is 11.3. The fourth-order valence-corrected chi connectivity index (χ4v) is 3.07. The van der Waals surface area contributed by atoms with E-state index >= 15 is 0 Å². The normalized spacial score (nSPS) is 10.9. The topological polar surface area (TPSA) is 127 Å². The Kier molecular flexibility index (Phi) is 10.8. The minimum absolute atomic E-state index is 0.0778. The number of halogens is 2. The molecule has 0 atom stereocenters. The van der Waals surface area contributed by atoms with E-state index in [0.717, 1.165) is 6.08 Å². The third-order valence-corrected chi connectivity index (χ3v) is 4.66. The minimum atomic E-state index is -0.683. The summed E-state index contributed by atoms with van der Waals surface area (Å²) < 4.78 is 0. The van der Waals surface area contributed by atoms with Crippen LogP contribution in [0.3, 0.4) is 0 Å². The van der Waals surface area contributed by atoms with Crippen LogP contribution in [0.15, 0.2) is 29.3 Å². The van der Waals surface area contributed by atoms with Gasteiger partial charge >= 0.3 is 0 Å². The number of nitrogens with one attached hydrogen (secondary N) is 1. The zero-order valence-corrected chi connectivity index (χ0v) is 18.8. The van der Waals surface area contributed by atoms with E-state index in [1.54, 1.807) is 18.2 Å². The van der Waals surface area contributed by atoms with Gasteiger partial charge in [0.1, 0.15) is 5.03 Å². The molecule has 0 spiro atoms. The molecule has 1 aromatic carbocycles. The first-order valence-corrected chi connectivity index (χ1v) is 10.8. The number of hydrogen-bond acceptors (Lipinski definition) is 7. The summed E-state index contributed by atoms with van der Waals surface area (Å²) in [6.45, 7) is 4.45. The number of anilines is 1. The lowest BCUT2D eigenvalue weighted by Gasteiger charge is -2.15. The number of carbonyl (C=O) groups is 1. The lowest BCUT2D eigenvalue weighted by molar-refractivity contribution is -0.113. The van der Waals surface area contributed by atoms with Gasteiger partial charge in [-0.15, -0.1) is 11.8 Å². The number of hydrogen-bond donors (Lipinski definition) is 4. The van der Waals surface area contributed by atoms with Gasteiger partial charge < -0.3 is 21.9 Å². The number of aliphatic hydroxyl groups excluding tert-OH is 1. The molecule has 0 fully saturated rings. The van der Waals surface area contributed by atoms with Crippen LogP contribution < -0.4 is 16.8 Å². The van der Waals surface area contributed by atoms with Crippen LogP contribution in [0.2, 0.25) is 10.0 Å². The van der Waals surface area contributed by atoms with Gasteiger partial charge in [-0.25, -0.2) is 9.97 Å². The summed E-state index contributed by atoms with van der Waals surface area (Å²) in [6, 6.07) is 5.02. The highest BCUT2D eigenvalue weighted by molar-refractivity contribution is 7.98. The van der Waals surface area contributed by atoms with Crippen molar-refractivity contribution < 1.29 is 9.90 Å². The third kappa shape index (κ3) is 7.40. The molecule has 10 heteroatoms. The van der Waals surface area contributed by atoms with Gasteiger partial charge in [0.25, 0.3) is 0 Å². The molecule has 0 saturated carbocycles. The van der Waals surface area contributed by atoms with Gasteiger partial charge in [0.15, 0.2) is 0 Å². The summed E-state index contributed by atoms with van der Waals surface area (Å²) in [7, 11) is 0.